The molecular weight excluding hydrogens is 208 g/mol. The third-order valence-corrected chi connectivity index (χ3v) is 3.99. The van der Waals surface area contributed by atoms with E-state index in [1.807, 2.05) is 0 Å². The van der Waals surface area contributed by atoms with Crippen LogP contribution in [0.2, 0.25) is 0 Å². The van der Waals surface area contributed by atoms with Gasteiger partial charge in [-0.2, -0.15) is 0 Å². The van der Waals surface area contributed by atoms with Crippen molar-refractivity contribution in [2.45, 2.75) is 44.6 Å². The van der Waals surface area contributed by atoms with Gasteiger partial charge in [0, 0.05) is 24.8 Å². The molecule has 0 atom stereocenters. The second-order valence-corrected chi connectivity index (χ2v) is 5.58. The Morgan fingerprint density at radius 2 is 2.00 bits per heavy atom. The molecule has 17 heavy (non-hydrogen) atoms. The Bertz CT molecular complexity index is 367. The number of nitrogens with two attached hydrogens (primary N) is 1. The van der Waals surface area contributed by atoms with E-state index in [2.05, 4.69) is 43.1 Å². The summed E-state index contributed by atoms with van der Waals surface area (Å²) in [5, 5.41) is 0. The highest BCUT2D eigenvalue weighted by Crippen LogP contribution is 2.30. The van der Waals surface area contributed by atoms with Crippen LogP contribution < -0.4 is 10.6 Å². The third kappa shape index (κ3) is 3.22. The van der Waals surface area contributed by atoms with Crippen LogP contribution in [-0.2, 0) is 0 Å². The molecule has 94 valence electrons. The molecule has 1 aliphatic carbocycles. The minimum atomic E-state index is 0.109. The van der Waals surface area contributed by atoms with Crippen molar-refractivity contribution in [1.82, 2.24) is 0 Å². The van der Waals surface area contributed by atoms with E-state index in [0.717, 1.165) is 13.0 Å². The summed E-state index contributed by atoms with van der Waals surface area (Å²) in [5.74, 6) is 0. The van der Waals surface area contributed by atoms with E-state index in [9.17, 15) is 0 Å². The Hall–Kier alpha value is -1.02. The van der Waals surface area contributed by atoms with Gasteiger partial charge < -0.3 is 10.6 Å². The molecule has 0 saturated heterocycles. The first-order chi connectivity index (χ1) is 8.09. The molecular formula is C15H24N2. The van der Waals surface area contributed by atoms with E-state index < -0.39 is 0 Å². The zero-order chi connectivity index (χ0) is 12.3. The molecule has 0 bridgehead atoms. The van der Waals surface area contributed by atoms with Crippen LogP contribution in [0.4, 0.5) is 5.69 Å². The van der Waals surface area contributed by atoms with E-state index in [4.69, 9.17) is 5.73 Å². The standard InChI is InChI=1S/C15H24N2/c1-13-6-5-7-14(12-13)17(2)11-10-15(16)8-3-4-9-15/h5-7,12H,3-4,8-11,16H2,1-2H3. The maximum atomic E-state index is 6.39. The second-order valence-electron chi connectivity index (χ2n) is 5.58. The fourth-order valence-electron chi connectivity index (χ4n) is 2.71. The van der Waals surface area contributed by atoms with Crippen LogP contribution >= 0.6 is 0 Å². The van der Waals surface area contributed by atoms with Gasteiger partial charge in [0.2, 0.25) is 0 Å². The van der Waals surface area contributed by atoms with Gasteiger partial charge in [0.25, 0.3) is 0 Å². The molecule has 1 fully saturated rings. The predicted octanol–water partition coefficient (Wildman–Crippen LogP) is 3.09. The summed E-state index contributed by atoms with van der Waals surface area (Å²) >= 11 is 0. The number of anilines is 1. The van der Waals surface area contributed by atoms with Gasteiger partial charge in [0.15, 0.2) is 0 Å². The van der Waals surface area contributed by atoms with Crippen molar-refractivity contribution in [3.8, 4) is 0 Å². The molecule has 1 aromatic carbocycles. The second kappa shape index (κ2) is 5.09. The molecule has 2 heteroatoms. The van der Waals surface area contributed by atoms with Crippen LogP contribution in [0.5, 0.6) is 0 Å². The first-order valence-corrected chi connectivity index (χ1v) is 6.66. The smallest absolute Gasteiger partial charge is 0.0366 e. The molecule has 0 heterocycles. The van der Waals surface area contributed by atoms with Crippen LogP contribution in [-0.4, -0.2) is 19.1 Å². The van der Waals surface area contributed by atoms with Gasteiger partial charge in [-0.25, -0.2) is 0 Å². The Kier molecular flexibility index (Phi) is 3.72. The quantitative estimate of drug-likeness (QED) is 0.864. The molecule has 1 aliphatic rings. The zero-order valence-electron chi connectivity index (χ0n) is 11.1. The monoisotopic (exact) mass is 232 g/mol. The summed E-state index contributed by atoms with van der Waals surface area (Å²) in [6.45, 7) is 3.19. The molecule has 0 amide bonds. The number of nitrogens with zero attached hydrogens (tertiary/aromatic N) is 1. The lowest BCUT2D eigenvalue weighted by molar-refractivity contribution is 0.409. The number of hydrogen-bond acceptors (Lipinski definition) is 2. The van der Waals surface area contributed by atoms with Gasteiger partial charge in [-0.15, -0.1) is 0 Å². The van der Waals surface area contributed by atoms with Crippen molar-refractivity contribution in [2.75, 3.05) is 18.5 Å². The summed E-state index contributed by atoms with van der Waals surface area (Å²) in [6, 6.07) is 8.66. The summed E-state index contributed by atoms with van der Waals surface area (Å²) in [5.41, 5.74) is 9.11. The fraction of sp³-hybridized carbons (Fsp3) is 0.600. The summed E-state index contributed by atoms with van der Waals surface area (Å²) in [7, 11) is 2.16. The minimum Gasteiger partial charge on any atom is -0.375 e. The Morgan fingerprint density at radius 1 is 1.29 bits per heavy atom. The van der Waals surface area contributed by atoms with Crippen molar-refractivity contribution >= 4 is 5.69 Å². The Morgan fingerprint density at radius 3 is 2.65 bits per heavy atom. The van der Waals surface area contributed by atoms with E-state index in [1.165, 1.54) is 36.9 Å². The average Bonchev–Trinajstić information content (AvgIpc) is 2.74. The van der Waals surface area contributed by atoms with Gasteiger partial charge in [-0.05, 0) is 43.9 Å². The fourth-order valence-corrected chi connectivity index (χ4v) is 2.71. The van der Waals surface area contributed by atoms with Crippen molar-refractivity contribution in [3.05, 3.63) is 29.8 Å². The molecule has 0 aliphatic heterocycles. The van der Waals surface area contributed by atoms with E-state index in [1.54, 1.807) is 0 Å². The molecule has 1 saturated carbocycles. The molecule has 1 aromatic rings. The number of rotatable bonds is 4. The lowest BCUT2D eigenvalue weighted by atomic mass is 9.94. The lowest BCUT2D eigenvalue weighted by Crippen LogP contribution is -2.39. The van der Waals surface area contributed by atoms with Gasteiger partial charge in [0.1, 0.15) is 0 Å². The number of aryl methyl sites for hydroxylation is 1. The predicted molar refractivity (Wildman–Crippen MR) is 74.5 cm³/mol. The molecule has 0 unspecified atom stereocenters. The van der Waals surface area contributed by atoms with Crippen LogP contribution in [0.15, 0.2) is 24.3 Å². The van der Waals surface area contributed by atoms with E-state index >= 15 is 0 Å². The molecule has 0 radical (unpaired) electrons. The molecule has 2 nitrogen and oxygen atoms in total. The van der Waals surface area contributed by atoms with Crippen LogP contribution in [0.1, 0.15) is 37.7 Å². The highest BCUT2D eigenvalue weighted by Gasteiger charge is 2.28. The zero-order valence-corrected chi connectivity index (χ0v) is 11.1. The SMILES string of the molecule is Cc1cccc(N(C)CCC2(N)CCCC2)c1. The summed E-state index contributed by atoms with van der Waals surface area (Å²) in [6.07, 6.45) is 6.13. The summed E-state index contributed by atoms with van der Waals surface area (Å²) in [4.78, 5) is 2.32. The maximum Gasteiger partial charge on any atom is 0.0366 e. The van der Waals surface area contributed by atoms with Gasteiger partial charge >= 0.3 is 0 Å². The van der Waals surface area contributed by atoms with Crippen molar-refractivity contribution < 1.29 is 0 Å². The average molecular weight is 232 g/mol. The minimum absolute atomic E-state index is 0.109. The van der Waals surface area contributed by atoms with E-state index in [-0.39, 0.29) is 5.54 Å². The lowest BCUT2D eigenvalue weighted by Gasteiger charge is -2.28. The van der Waals surface area contributed by atoms with Gasteiger partial charge in [0.05, 0.1) is 0 Å². The van der Waals surface area contributed by atoms with Crippen LogP contribution in [0.25, 0.3) is 0 Å². The van der Waals surface area contributed by atoms with Crippen molar-refractivity contribution in [1.29, 1.82) is 0 Å². The van der Waals surface area contributed by atoms with Gasteiger partial charge in [-0.1, -0.05) is 25.0 Å². The van der Waals surface area contributed by atoms with Crippen molar-refractivity contribution in [3.63, 3.8) is 0 Å². The highest BCUT2D eigenvalue weighted by molar-refractivity contribution is 5.47. The Balaban J connectivity index is 1.91. The third-order valence-electron chi connectivity index (χ3n) is 3.99. The van der Waals surface area contributed by atoms with Crippen molar-refractivity contribution in [2.24, 2.45) is 5.73 Å². The number of hydrogen-bond donors (Lipinski definition) is 1. The Labute approximate surface area is 105 Å². The number of benzene rings is 1. The maximum absolute atomic E-state index is 6.39. The molecule has 0 aromatic heterocycles. The first kappa shape index (κ1) is 12.4. The normalized spacial score (nSPS) is 18.3. The first-order valence-electron chi connectivity index (χ1n) is 6.66. The largest absolute Gasteiger partial charge is 0.375 e. The van der Waals surface area contributed by atoms with E-state index in [0.29, 0.717) is 0 Å². The molecule has 2 N–H and O–H groups in total. The molecule has 0 spiro atoms. The highest BCUT2D eigenvalue weighted by atomic mass is 15.1. The van der Waals surface area contributed by atoms with Gasteiger partial charge in [-0.3, -0.25) is 0 Å². The van der Waals surface area contributed by atoms with Crippen LogP contribution in [0, 0.1) is 6.92 Å². The summed E-state index contributed by atoms with van der Waals surface area (Å²) < 4.78 is 0. The topological polar surface area (TPSA) is 29.3 Å². The van der Waals surface area contributed by atoms with Crippen LogP contribution in [0.3, 0.4) is 0 Å². The molecule has 2 rings (SSSR count).